The third kappa shape index (κ3) is 3.49. The quantitative estimate of drug-likeness (QED) is 0.560. The van der Waals surface area contributed by atoms with Crippen molar-refractivity contribution in [3.05, 3.63) is 58.4 Å². The Bertz CT molecular complexity index is 888. The number of ether oxygens (including phenoxy) is 2. The van der Waals surface area contributed by atoms with Crippen LogP contribution in [0.4, 0.5) is 0 Å². The largest absolute Gasteiger partial charge is 0.469 e. The van der Waals surface area contributed by atoms with Gasteiger partial charge in [-0.15, -0.1) is 0 Å². The Morgan fingerprint density at radius 1 is 1.11 bits per heavy atom. The number of benzene rings is 1. The van der Waals surface area contributed by atoms with Crippen LogP contribution in [0.3, 0.4) is 0 Å². The predicted octanol–water partition coefficient (Wildman–Crippen LogP) is 3.10. The molecule has 0 spiro atoms. The normalized spacial score (nSPS) is 15.3. The molecule has 0 N–H and O–H groups in total. The van der Waals surface area contributed by atoms with Crippen LogP contribution in [0.15, 0.2) is 30.3 Å². The fraction of sp³-hybridized carbons (Fsp3) is 0.350. The number of aryl methyl sites for hydroxylation is 1. The van der Waals surface area contributed by atoms with E-state index in [1.165, 1.54) is 14.2 Å². The lowest BCUT2D eigenvalue weighted by Crippen LogP contribution is -2.16. The maximum absolute atomic E-state index is 12.6. The summed E-state index contributed by atoms with van der Waals surface area (Å²) in [6.07, 6.45) is 1.49. The van der Waals surface area contributed by atoms with Crippen LogP contribution >= 0.6 is 11.6 Å². The van der Waals surface area contributed by atoms with Crippen LogP contribution < -0.4 is 0 Å². The lowest BCUT2D eigenvalue weighted by atomic mass is 9.95. The molecule has 2 heterocycles. The van der Waals surface area contributed by atoms with Gasteiger partial charge in [-0.1, -0.05) is 30.3 Å². The van der Waals surface area contributed by atoms with Crippen LogP contribution in [0.25, 0.3) is 0 Å². The fourth-order valence-corrected chi connectivity index (χ4v) is 3.98. The number of hydrogen-bond donors (Lipinski definition) is 0. The Morgan fingerprint density at radius 2 is 1.81 bits per heavy atom. The number of hydrogen-bond acceptors (Lipinski definition) is 5. The van der Waals surface area contributed by atoms with Gasteiger partial charge in [0.25, 0.3) is 5.24 Å². The second-order valence-corrected chi connectivity index (χ2v) is 6.70. The molecule has 1 aromatic carbocycles. The summed E-state index contributed by atoms with van der Waals surface area (Å²) >= 11 is 5.87. The van der Waals surface area contributed by atoms with Crippen LogP contribution in [-0.4, -0.2) is 36.0 Å². The molecule has 0 amide bonds. The molecule has 1 aliphatic heterocycles. The highest BCUT2D eigenvalue weighted by Gasteiger charge is 2.40. The summed E-state index contributed by atoms with van der Waals surface area (Å²) in [4.78, 5) is 36.9. The van der Waals surface area contributed by atoms with E-state index in [0.29, 0.717) is 37.1 Å². The van der Waals surface area contributed by atoms with E-state index in [4.69, 9.17) is 21.1 Å². The van der Waals surface area contributed by atoms with Crippen LogP contribution in [0.1, 0.15) is 50.0 Å². The van der Waals surface area contributed by atoms with Crippen molar-refractivity contribution in [1.29, 1.82) is 0 Å². The second kappa shape index (κ2) is 7.96. The first-order valence-electron chi connectivity index (χ1n) is 8.64. The van der Waals surface area contributed by atoms with Crippen LogP contribution in [-0.2, 0) is 33.7 Å². The molecule has 0 bridgehead atoms. The molecular weight excluding hydrogens is 370 g/mol. The van der Waals surface area contributed by atoms with Gasteiger partial charge in [0.2, 0.25) is 0 Å². The zero-order valence-electron chi connectivity index (χ0n) is 15.2. The molecule has 1 aliphatic rings. The number of fused-ring (bicyclic) bond motifs is 1. The van der Waals surface area contributed by atoms with E-state index in [1.54, 1.807) is 4.57 Å². The molecule has 0 aliphatic carbocycles. The summed E-state index contributed by atoms with van der Waals surface area (Å²) in [5, 5.41) is -0.653. The number of aromatic nitrogens is 1. The molecule has 1 aromatic heterocycles. The molecule has 6 nitrogen and oxygen atoms in total. The molecule has 27 heavy (non-hydrogen) atoms. The van der Waals surface area contributed by atoms with Gasteiger partial charge in [0.15, 0.2) is 0 Å². The van der Waals surface area contributed by atoms with Gasteiger partial charge in [0.05, 0.1) is 25.7 Å². The molecule has 0 fully saturated rings. The van der Waals surface area contributed by atoms with Gasteiger partial charge in [-0.2, -0.15) is 0 Å². The number of halogens is 1. The average molecular weight is 390 g/mol. The van der Waals surface area contributed by atoms with Crippen LogP contribution in [0.5, 0.6) is 0 Å². The first kappa shape index (κ1) is 19.2. The van der Waals surface area contributed by atoms with Crippen molar-refractivity contribution in [2.45, 2.75) is 31.7 Å². The van der Waals surface area contributed by atoms with Crippen molar-refractivity contribution in [2.75, 3.05) is 14.2 Å². The zero-order valence-corrected chi connectivity index (χ0v) is 15.9. The number of methoxy groups -OCH3 is 2. The minimum Gasteiger partial charge on any atom is -0.469 e. The number of nitrogens with zero attached hydrogens (tertiary/aromatic N) is 1. The predicted molar refractivity (Wildman–Crippen MR) is 99.2 cm³/mol. The number of carbonyl (C=O) groups is 3. The van der Waals surface area contributed by atoms with E-state index in [1.807, 2.05) is 30.3 Å². The fourth-order valence-electron chi connectivity index (χ4n) is 3.76. The lowest BCUT2D eigenvalue weighted by Gasteiger charge is -2.11. The molecule has 2 aromatic rings. The molecule has 1 atom stereocenters. The van der Waals surface area contributed by atoms with E-state index in [-0.39, 0.29) is 11.3 Å². The standard InChI is InChI=1S/C20H20ClNO5/c1-26-19(24)14-10-11-22-16(14)15(20(25)27-2)13(17(22)18(21)23)9-8-12-6-4-3-5-7-12/h3-7,14H,8-11H2,1-2H3. The zero-order chi connectivity index (χ0) is 19.6. The number of rotatable bonds is 6. The Labute approximate surface area is 162 Å². The van der Waals surface area contributed by atoms with Gasteiger partial charge in [-0.3, -0.25) is 9.59 Å². The van der Waals surface area contributed by atoms with Gasteiger partial charge in [-0.05, 0) is 42.0 Å². The average Bonchev–Trinajstić information content (AvgIpc) is 3.23. The van der Waals surface area contributed by atoms with E-state index in [9.17, 15) is 14.4 Å². The van der Waals surface area contributed by atoms with Gasteiger partial charge < -0.3 is 14.0 Å². The summed E-state index contributed by atoms with van der Waals surface area (Å²) in [6, 6.07) is 9.72. The SMILES string of the molecule is COC(=O)c1c(CCc2ccccc2)c(C(=O)Cl)n2c1C(C(=O)OC)CC2. The number of esters is 2. The third-order valence-corrected chi connectivity index (χ3v) is 5.12. The van der Waals surface area contributed by atoms with Crippen molar-refractivity contribution in [3.8, 4) is 0 Å². The summed E-state index contributed by atoms with van der Waals surface area (Å²) in [6.45, 7) is 0.415. The van der Waals surface area contributed by atoms with E-state index >= 15 is 0 Å². The van der Waals surface area contributed by atoms with Crippen molar-refractivity contribution in [3.63, 3.8) is 0 Å². The Kier molecular flexibility index (Phi) is 5.65. The summed E-state index contributed by atoms with van der Waals surface area (Å²) in [5.41, 5.74) is 2.56. The van der Waals surface area contributed by atoms with Crippen LogP contribution in [0, 0.1) is 0 Å². The topological polar surface area (TPSA) is 74.6 Å². The van der Waals surface area contributed by atoms with Gasteiger partial charge in [0.1, 0.15) is 5.69 Å². The molecule has 0 saturated carbocycles. The minimum atomic E-state index is -0.653. The first-order chi connectivity index (χ1) is 13.0. The van der Waals surface area contributed by atoms with Crippen molar-refractivity contribution in [1.82, 2.24) is 4.57 Å². The second-order valence-electron chi connectivity index (χ2n) is 6.35. The Hall–Kier alpha value is -2.60. The number of carbonyl (C=O) groups excluding carboxylic acids is 3. The van der Waals surface area contributed by atoms with Gasteiger partial charge in [0, 0.05) is 12.2 Å². The van der Waals surface area contributed by atoms with Crippen molar-refractivity contribution < 1.29 is 23.9 Å². The molecule has 7 heteroatoms. The van der Waals surface area contributed by atoms with E-state index in [0.717, 1.165) is 5.56 Å². The molecule has 3 rings (SSSR count). The molecule has 0 radical (unpaired) electrons. The van der Waals surface area contributed by atoms with Crippen molar-refractivity contribution in [2.24, 2.45) is 0 Å². The molecular formula is C20H20ClNO5. The summed E-state index contributed by atoms with van der Waals surface area (Å²) in [5.74, 6) is -1.65. The first-order valence-corrected chi connectivity index (χ1v) is 9.02. The highest BCUT2D eigenvalue weighted by Crippen LogP contribution is 2.39. The lowest BCUT2D eigenvalue weighted by molar-refractivity contribution is -0.142. The van der Waals surface area contributed by atoms with Crippen LogP contribution in [0.2, 0.25) is 0 Å². The molecule has 1 unspecified atom stereocenters. The molecule has 0 saturated heterocycles. The van der Waals surface area contributed by atoms with E-state index < -0.39 is 23.1 Å². The third-order valence-electron chi connectivity index (χ3n) is 4.94. The highest BCUT2D eigenvalue weighted by molar-refractivity contribution is 6.67. The monoisotopic (exact) mass is 389 g/mol. The highest BCUT2D eigenvalue weighted by atomic mass is 35.5. The Balaban J connectivity index is 2.12. The minimum absolute atomic E-state index is 0.255. The summed E-state index contributed by atoms with van der Waals surface area (Å²) < 4.78 is 11.5. The van der Waals surface area contributed by atoms with E-state index in [2.05, 4.69) is 0 Å². The summed E-state index contributed by atoms with van der Waals surface area (Å²) in [7, 11) is 2.58. The van der Waals surface area contributed by atoms with Gasteiger partial charge in [-0.25, -0.2) is 4.79 Å². The van der Waals surface area contributed by atoms with Crippen molar-refractivity contribution >= 4 is 28.8 Å². The molecule has 142 valence electrons. The smallest absolute Gasteiger partial charge is 0.340 e. The Morgan fingerprint density at radius 3 is 2.41 bits per heavy atom. The van der Waals surface area contributed by atoms with Gasteiger partial charge >= 0.3 is 11.9 Å². The maximum Gasteiger partial charge on any atom is 0.340 e. The maximum atomic E-state index is 12.6.